The summed E-state index contributed by atoms with van der Waals surface area (Å²) < 4.78 is 42.0. The average Bonchev–Trinajstić information content (AvgIpc) is 3.69. The van der Waals surface area contributed by atoms with Gasteiger partial charge in [-0.1, -0.05) is 48.5 Å². The average molecular weight is 760 g/mol. The first-order valence-corrected chi connectivity index (χ1v) is 17.9. The van der Waals surface area contributed by atoms with Crippen LogP contribution in [0.5, 0.6) is 34.5 Å². The number of rotatable bonds is 9. The molecule has 13 nitrogen and oxygen atoms in total. The molecule has 0 unspecified atom stereocenters. The number of hydrogen-bond acceptors (Lipinski definition) is 10. The summed E-state index contributed by atoms with van der Waals surface area (Å²) in [6.45, 7) is 0.166. The number of carbonyl (C=O) groups is 1. The first-order valence-electron chi connectivity index (χ1n) is 16.6. The lowest BCUT2D eigenvalue weighted by molar-refractivity contribution is 0.103. The molecule has 0 aliphatic rings. The van der Waals surface area contributed by atoms with Gasteiger partial charge in [0.05, 0.1) is 27.8 Å². The SMILES string of the molecule is O=C(c1ccc(O)cc1)c1c(-c2ccc(O)cc2)c2c3c([nH]c4c(OS(=O)(=O)[O-])cccc43)c(O)c(-c3ccc(O)cc3)c2n1CCc1ccc(O)cc1.[NH4+]. The van der Waals surface area contributed by atoms with Crippen LogP contribution in [0, 0.1) is 0 Å². The highest BCUT2D eigenvalue weighted by Crippen LogP contribution is 2.52. The van der Waals surface area contributed by atoms with E-state index in [0.29, 0.717) is 44.8 Å². The molecule has 8 rings (SSSR count). The van der Waals surface area contributed by atoms with Crippen LogP contribution in [0.2, 0.25) is 0 Å². The zero-order chi connectivity index (χ0) is 37.9. The highest BCUT2D eigenvalue weighted by molar-refractivity contribution is 7.81. The molecular formula is C41H33N3O10S. The number of fused-ring (bicyclic) bond motifs is 5. The number of carbonyl (C=O) groups excluding carboxylic acids is 1. The summed E-state index contributed by atoms with van der Waals surface area (Å²) in [5.41, 5.74) is 3.52. The predicted molar refractivity (Wildman–Crippen MR) is 207 cm³/mol. The third-order valence-electron chi connectivity index (χ3n) is 9.43. The highest BCUT2D eigenvalue weighted by atomic mass is 32.3. The number of phenols is 5. The lowest BCUT2D eigenvalue weighted by atomic mass is 9.92. The molecule has 0 radical (unpaired) electrons. The molecule has 0 saturated carbocycles. The molecule has 0 amide bonds. The van der Waals surface area contributed by atoms with Crippen molar-refractivity contribution in [2.75, 3.05) is 0 Å². The monoisotopic (exact) mass is 759 g/mol. The number of benzene rings is 6. The van der Waals surface area contributed by atoms with E-state index in [4.69, 9.17) is 4.18 Å². The first kappa shape index (κ1) is 36.4. The van der Waals surface area contributed by atoms with Gasteiger partial charge in [0.2, 0.25) is 5.78 Å². The molecule has 0 aliphatic carbocycles. The first-order chi connectivity index (χ1) is 25.9. The fraction of sp³-hybridized carbons (Fsp3) is 0.0488. The number of nitrogens with one attached hydrogen (secondary N) is 1. The summed E-state index contributed by atoms with van der Waals surface area (Å²) in [5, 5.41) is 54.1. The standard InChI is InChI=1S/C41H30N2O10S.H3N/c44-26-12-4-22(5-13-26)20-21-43-38-33(24-8-16-28(46)17-9-24)41(49)37-34(30-2-1-3-31(36(30)42-37)53-54(50,51)52)35(38)32(23-6-14-27(45)15-7-23)39(43)40(48)25-10-18-29(47)19-11-25;/h1-19,42,44-47,49H,20-21H2,(H,50,51,52);1H3. The highest BCUT2D eigenvalue weighted by Gasteiger charge is 2.32. The van der Waals surface area contributed by atoms with Gasteiger partial charge >= 0.3 is 0 Å². The number of phenolic OH excluding ortho intramolecular Hbond substituents is 5. The van der Waals surface area contributed by atoms with Gasteiger partial charge < -0.3 is 50.0 Å². The molecule has 0 saturated heterocycles. The van der Waals surface area contributed by atoms with Crippen molar-refractivity contribution in [3.8, 4) is 56.8 Å². The summed E-state index contributed by atoms with van der Waals surface area (Å²) in [6, 6.07) is 29.2. The van der Waals surface area contributed by atoms with Crippen LogP contribution in [0.25, 0.3) is 55.0 Å². The smallest absolute Gasteiger partial charge is 0.262 e. The van der Waals surface area contributed by atoms with Crippen molar-refractivity contribution in [1.29, 1.82) is 0 Å². The Labute approximate surface area is 313 Å². The third kappa shape index (κ3) is 6.50. The summed E-state index contributed by atoms with van der Waals surface area (Å²) >= 11 is 0. The van der Waals surface area contributed by atoms with Gasteiger partial charge in [-0.15, -0.1) is 0 Å². The van der Waals surface area contributed by atoms with Gasteiger partial charge in [0.25, 0.3) is 10.4 Å². The Bertz CT molecular complexity index is 2860. The maximum absolute atomic E-state index is 15.0. The molecule has 6 aromatic carbocycles. The third-order valence-corrected chi connectivity index (χ3v) is 9.81. The second kappa shape index (κ2) is 13.8. The molecule has 10 N–H and O–H groups in total. The molecule has 2 heterocycles. The van der Waals surface area contributed by atoms with E-state index in [2.05, 4.69) is 4.98 Å². The molecule has 278 valence electrons. The Hall–Kier alpha value is -7.00. The van der Waals surface area contributed by atoms with E-state index in [0.717, 1.165) is 5.56 Å². The number of quaternary nitrogens is 1. The second-order valence-electron chi connectivity index (χ2n) is 12.8. The summed E-state index contributed by atoms with van der Waals surface area (Å²) in [5.74, 6) is -1.05. The van der Waals surface area contributed by atoms with Crippen molar-refractivity contribution in [3.63, 3.8) is 0 Å². The van der Waals surface area contributed by atoms with Crippen molar-refractivity contribution in [2.45, 2.75) is 13.0 Å². The Morgan fingerprint density at radius 3 is 1.76 bits per heavy atom. The molecule has 0 spiro atoms. The van der Waals surface area contributed by atoms with Crippen LogP contribution in [0.15, 0.2) is 115 Å². The van der Waals surface area contributed by atoms with Gasteiger partial charge in [0.1, 0.15) is 28.7 Å². The molecule has 0 bridgehead atoms. The summed E-state index contributed by atoms with van der Waals surface area (Å²) in [6.07, 6.45) is 0.357. The molecule has 0 fully saturated rings. The molecule has 2 aromatic heterocycles. The zero-order valence-corrected chi connectivity index (χ0v) is 29.8. The van der Waals surface area contributed by atoms with E-state index in [1.165, 1.54) is 60.7 Å². The minimum Gasteiger partial charge on any atom is -0.716 e. The van der Waals surface area contributed by atoms with Crippen LogP contribution >= 0.6 is 0 Å². The number of hydrogen-bond donors (Lipinski definition) is 7. The lowest BCUT2D eigenvalue weighted by Crippen LogP contribution is -2.13. The largest absolute Gasteiger partial charge is 0.716 e. The van der Waals surface area contributed by atoms with E-state index in [9.17, 15) is 43.3 Å². The maximum Gasteiger partial charge on any atom is 0.262 e. The van der Waals surface area contributed by atoms with Gasteiger partial charge in [0, 0.05) is 33.8 Å². The molecule has 55 heavy (non-hydrogen) atoms. The van der Waals surface area contributed by atoms with Crippen LogP contribution in [-0.2, 0) is 23.4 Å². The van der Waals surface area contributed by atoms with Gasteiger partial charge in [-0.2, -0.15) is 0 Å². The van der Waals surface area contributed by atoms with E-state index >= 15 is 0 Å². The van der Waals surface area contributed by atoms with E-state index < -0.39 is 16.2 Å². The normalized spacial score (nSPS) is 11.6. The molecular weight excluding hydrogens is 727 g/mol. The van der Waals surface area contributed by atoms with Crippen LogP contribution in [-0.4, -0.2) is 53.8 Å². The van der Waals surface area contributed by atoms with Crippen LogP contribution in [0.4, 0.5) is 0 Å². The number of nitrogens with zero attached hydrogens (tertiary/aromatic N) is 1. The fourth-order valence-corrected chi connectivity index (χ4v) is 7.45. The Balaban J connectivity index is 0.00000465. The quantitative estimate of drug-likeness (QED) is 0.0427. The van der Waals surface area contributed by atoms with Crippen LogP contribution in [0.1, 0.15) is 21.6 Å². The fourth-order valence-electron chi connectivity index (χ4n) is 7.09. The minimum absolute atomic E-state index is 0. The number of aryl methyl sites for hydroxylation is 2. The van der Waals surface area contributed by atoms with Crippen molar-refractivity contribution in [3.05, 3.63) is 132 Å². The molecule has 14 heteroatoms. The minimum atomic E-state index is -5.22. The van der Waals surface area contributed by atoms with Gasteiger partial charge in [-0.3, -0.25) is 4.79 Å². The summed E-state index contributed by atoms with van der Waals surface area (Å²) in [4.78, 5) is 18.1. The number of aromatic hydroxyl groups is 5. The van der Waals surface area contributed by atoms with E-state index in [1.807, 2.05) is 0 Å². The Morgan fingerprint density at radius 1 is 0.673 bits per heavy atom. The van der Waals surface area contributed by atoms with Crippen LogP contribution in [0.3, 0.4) is 0 Å². The molecule has 0 atom stereocenters. The van der Waals surface area contributed by atoms with Gasteiger partial charge in [-0.05, 0) is 89.8 Å². The van der Waals surface area contributed by atoms with E-state index in [1.54, 1.807) is 59.2 Å². The van der Waals surface area contributed by atoms with Crippen LogP contribution < -0.4 is 10.3 Å². The van der Waals surface area contributed by atoms with Gasteiger partial charge in [0.15, 0.2) is 5.75 Å². The topological polar surface area (TPSA) is 242 Å². The number of H-pyrrole nitrogens is 1. The Kier molecular flexibility index (Phi) is 9.10. The second-order valence-corrected chi connectivity index (χ2v) is 13.7. The molecule has 0 aliphatic heterocycles. The van der Waals surface area contributed by atoms with Gasteiger partial charge in [-0.25, -0.2) is 8.42 Å². The number of ketones is 1. The van der Waals surface area contributed by atoms with Crippen molar-refractivity contribution >= 4 is 48.9 Å². The number of para-hydroxylation sites is 1. The van der Waals surface area contributed by atoms with Crippen molar-refractivity contribution in [2.24, 2.45) is 0 Å². The lowest BCUT2D eigenvalue weighted by Gasteiger charge is -2.16. The molecule has 8 aromatic rings. The van der Waals surface area contributed by atoms with E-state index in [-0.39, 0.29) is 75.0 Å². The maximum atomic E-state index is 15.0. The number of aromatic amines is 1. The zero-order valence-electron chi connectivity index (χ0n) is 29.0. The predicted octanol–water partition coefficient (Wildman–Crippen LogP) is 7.83. The summed E-state index contributed by atoms with van der Waals surface area (Å²) in [7, 11) is -5.22. The Morgan fingerprint density at radius 2 is 1.20 bits per heavy atom. The van der Waals surface area contributed by atoms with Crippen molar-refractivity contribution < 1.29 is 47.5 Å². The number of aromatic nitrogens is 2. The van der Waals surface area contributed by atoms with Crippen molar-refractivity contribution in [1.82, 2.24) is 15.7 Å².